The van der Waals surface area contributed by atoms with Gasteiger partial charge in [-0.25, -0.2) is 4.98 Å². The lowest BCUT2D eigenvalue weighted by Gasteiger charge is -2.08. The van der Waals surface area contributed by atoms with E-state index in [0.717, 1.165) is 43.2 Å². The Kier molecular flexibility index (Phi) is 5.77. The summed E-state index contributed by atoms with van der Waals surface area (Å²) in [5.74, 6) is 0.791. The van der Waals surface area contributed by atoms with Gasteiger partial charge in [0.1, 0.15) is 0 Å². The molecule has 1 amide bonds. The number of benzene rings is 1. The fraction of sp³-hybridized carbons (Fsp3) is 0.444. The molecule has 1 aromatic heterocycles. The Bertz CT molecular complexity index is 620. The van der Waals surface area contributed by atoms with Gasteiger partial charge in [-0.2, -0.15) is 0 Å². The van der Waals surface area contributed by atoms with Gasteiger partial charge in [-0.05, 0) is 37.4 Å². The molecule has 1 saturated heterocycles. The second-order valence-corrected chi connectivity index (χ2v) is 7.01. The standard InChI is InChI=1S/C18H23N3OS/c22-17(20-9-7-15-6-8-19-12-15)11-16-13-23-18(21-16)10-14-4-2-1-3-5-14/h1-5,13,15,19H,6-12H2,(H,20,22). The number of hydrogen-bond acceptors (Lipinski definition) is 4. The van der Waals surface area contributed by atoms with Crippen molar-refractivity contribution in [2.24, 2.45) is 5.92 Å². The Balaban J connectivity index is 1.42. The minimum atomic E-state index is 0.0764. The predicted molar refractivity (Wildman–Crippen MR) is 93.7 cm³/mol. The maximum absolute atomic E-state index is 12.0. The van der Waals surface area contributed by atoms with Gasteiger partial charge >= 0.3 is 0 Å². The van der Waals surface area contributed by atoms with Gasteiger partial charge in [-0.3, -0.25) is 4.79 Å². The van der Waals surface area contributed by atoms with E-state index >= 15 is 0 Å². The maximum Gasteiger partial charge on any atom is 0.226 e. The van der Waals surface area contributed by atoms with Gasteiger partial charge in [0.25, 0.3) is 0 Å². The summed E-state index contributed by atoms with van der Waals surface area (Å²) in [6.07, 6.45) is 3.51. The number of rotatable bonds is 7. The monoisotopic (exact) mass is 329 g/mol. The highest BCUT2D eigenvalue weighted by Gasteiger charge is 2.14. The van der Waals surface area contributed by atoms with Gasteiger partial charge in [0.2, 0.25) is 5.91 Å². The number of thiazole rings is 1. The second-order valence-electron chi connectivity index (χ2n) is 6.07. The third-order valence-electron chi connectivity index (χ3n) is 4.18. The molecule has 2 aromatic rings. The topological polar surface area (TPSA) is 54.0 Å². The van der Waals surface area contributed by atoms with E-state index in [2.05, 4.69) is 27.8 Å². The molecule has 4 nitrogen and oxygen atoms in total. The van der Waals surface area contributed by atoms with Gasteiger partial charge in [-0.1, -0.05) is 30.3 Å². The summed E-state index contributed by atoms with van der Waals surface area (Å²) in [5, 5.41) is 9.43. The van der Waals surface area contributed by atoms with Gasteiger partial charge in [0, 0.05) is 18.3 Å². The van der Waals surface area contributed by atoms with Crippen molar-refractivity contribution >= 4 is 17.2 Å². The SMILES string of the molecule is O=C(Cc1csc(Cc2ccccc2)n1)NCCC1CCNC1. The highest BCUT2D eigenvalue weighted by molar-refractivity contribution is 7.09. The zero-order valence-electron chi connectivity index (χ0n) is 13.3. The molecule has 3 rings (SSSR count). The molecule has 1 aliphatic rings. The summed E-state index contributed by atoms with van der Waals surface area (Å²) in [7, 11) is 0. The smallest absolute Gasteiger partial charge is 0.226 e. The third-order valence-corrected chi connectivity index (χ3v) is 5.07. The number of aromatic nitrogens is 1. The Morgan fingerprint density at radius 3 is 3.00 bits per heavy atom. The normalized spacial score (nSPS) is 17.3. The summed E-state index contributed by atoms with van der Waals surface area (Å²) < 4.78 is 0. The van der Waals surface area contributed by atoms with E-state index in [1.54, 1.807) is 11.3 Å². The third kappa shape index (κ3) is 5.15. The van der Waals surface area contributed by atoms with Crippen LogP contribution in [0.15, 0.2) is 35.7 Å². The molecule has 0 radical (unpaired) electrons. The minimum Gasteiger partial charge on any atom is -0.356 e. The number of amides is 1. The van der Waals surface area contributed by atoms with Crippen LogP contribution in [0.25, 0.3) is 0 Å². The molecule has 2 heterocycles. The van der Waals surface area contributed by atoms with Crippen LogP contribution in [0.4, 0.5) is 0 Å². The first-order valence-corrected chi connectivity index (χ1v) is 9.12. The molecular formula is C18H23N3OS. The summed E-state index contributed by atoms with van der Waals surface area (Å²) >= 11 is 1.63. The molecule has 1 atom stereocenters. The number of carbonyl (C=O) groups is 1. The zero-order chi connectivity index (χ0) is 15.9. The van der Waals surface area contributed by atoms with E-state index in [9.17, 15) is 4.79 Å². The summed E-state index contributed by atoms with van der Waals surface area (Å²) in [6, 6.07) is 10.3. The van der Waals surface area contributed by atoms with E-state index < -0.39 is 0 Å². The molecule has 1 aromatic carbocycles. The lowest BCUT2D eigenvalue weighted by atomic mass is 10.1. The van der Waals surface area contributed by atoms with Crippen LogP contribution >= 0.6 is 11.3 Å². The highest BCUT2D eigenvalue weighted by atomic mass is 32.1. The van der Waals surface area contributed by atoms with Crippen molar-refractivity contribution in [1.82, 2.24) is 15.6 Å². The molecule has 5 heteroatoms. The lowest BCUT2D eigenvalue weighted by molar-refractivity contribution is -0.120. The van der Waals surface area contributed by atoms with Crippen LogP contribution in [0.2, 0.25) is 0 Å². The van der Waals surface area contributed by atoms with Crippen LogP contribution < -0.4 is 10.6 Å². The second kappa shape index (κ2) is 8.22. The van der Waals surface area contributed by atoms with E-state index in [0.29, 0.717) is 12.3 Å². The van der Waals surface area contributed by atoms with Gasteiger partial charge in [0.15, 0.2) is 0 Å². The molecule has 0 bridgehead atoms. The van der Waals surface area contributed by atoms with Crippen molar-refractivity contribution in [3.8, 4) is 0 Å². The highest BCUT2D eigenvalue weighted by Crippen LogP contribution is 2.15. The van der Waals surface area contributed by atoms with Crippen LogP contribution in [0, 0.1) is 5.92 Å². The van der Waals surface area contributed by atoms with Crippen molar-refractivity contribution in [1.29, 1.82) is 0 Å². The molecule has 0 spiro atoms. The average Bonchev–Trinajstić information content (AvgIpc) is 3.21. The fourth-order valence-corrected chi connectivity index (χ4v) is 3.71. The molecule has 0 aliphatic carbocycles. The number of hydrogen-bond donors (Lipinski definition) is 2. The van der Waals surface area contributed by atoms with Crippen LogP contribution in [-0.4, -0.2) is 30.5 Å². The zero-order valence-corrected chi connectivity index (χ0v) is 14.1. The Morgan fingerprint density at radius 1 is 1.35 bits per heavy atom. The molecular weight excluding hydrogens is 306 g/mol. The van der Waals surface area contributed by atoms with E-state index in [1.165, 1.54) is 12.0 Å². The molecule has 1 fully saturated rings. The van der Waals surface area contributed by atoms with Gasteiger partial charge in [0.05, 0.1) is 17.1 Å². The summed E-state index contributed by atoms with van der Waals surface area (Å²) in [5.41, 5.74) is 2.13. The number of nitrogens with one attached hydrogen (secondary N) is 2. The van der Waals surface area contributed by atoms with E-state index in [4.69, 9.17) is 0 Å². The minimum absolute atomic E-state index is 0.0764. The summed E-state index contributed by atoms with van der Waals surface area (Å²) in [4.78, 5) is 16.6. The fourth-order valence-electron chi connectivity index (χ4n) is 2.89. The first-order valence-electron chi connectivity index (χ1n) is 8.24. The molecule has 0 saturated carbocycles. The largest absolute Gasteiger partial charge is 0.356 e. The first-order chi connectivity index (χ1) is 11.3. The first kappa shape index (κ1) is 16.1. The molecule has 2 N–H and O–H groups in total. The Labute approximate surface area is 141 Å². The van der Waals surface area contributed by atoms with Crippen molar-refractivity contribution in [3.05, 3.63) is 52.0 Å². The van der Waals surface area contributed by atoms with Gasteiger partial charge < -0.3 is 10.6 Å². The predicted octanol–water partition coefficient (Wildman–Crippen LogP) is 2.39. The summed E-state index contributed by atoms with van der Waals surface area (Å²) in [6.45, 7) is 2.97. The molecule has 1 aliphatic heterocycles. The average molecular weight is 329 g/mol. The van der Waals surface area contributed by atoms with Crippen LogP contribution in [0.5, 0.6) is 0 Å². The van der Waals surface area contributed by atoms with Crippen molar-refractivity contribution < 1.29 is 4.79 Å². The maximum atomic E-state index is 12.0. The van der Waals surface area contributed by atoms with E-state index in [-0.39, 0.29) is 5.91 Å². The lowest BCUT2D eigenvalue weighted by Crippen LogP contribution is -2.27. The van der Waals surface area contributed by atoms with E-state index in [1.807, 2.05) is 23.6 Å². The van der Waals surface area contributed by atoms with Gasteiger partial charge in [-0.15, -0.1) is 11.3 Å². The Hall–Kier alpha value is -1.72. The van der Waals surface area contributed by atoms with Crippen LogP contribution in [0.1, 0.15) is 29.1 Å². The Morgan fingerprint density at radius 2 is 2.22 bits per heavy atom. The quantitative estimate of drug-likeness (QED) is 0.820. The van der Waals surface area contributed by atoms with Crippen molar-refractivity contribution in [2.45, 2.75) is 25.7 Å². The van der Waals surface area contributed by atoms with Crippen LogP contribution in [0.3, 0.4) is 0 Å². The number of nitrogens with zero attached hydrogens (tertiary/aromatic N) is 1. The number of carbonyl (C=O) groups excluding carboxylic acids is 1. The van der Waals surface area contributed by atoms with Crippen molar-refractivity contribution in [2.75, 3.05) is 19.6 Å². The molecule has 1 unspecified atom stereocenters. The van der Waals surface area contributed by atoms with Crippen molar-refractivity contribution in [3.63, 3.8) is 0 Å². The molecule has 122 valence electrons. The van der Waals surface area contributed by atoms with Crippen LogP contribution in [-0.2, 0) is 17.6 Å². The molecule has 23 heavy (non-hydrogen) atoms.